The van der Waals surface area contributed by atoms with Gasteiger partial charge in [0.25, 0.3) is 11.6 Å². The highest BCUT2D eigenvalue weighted by Gasteiger charge is 2.19. The monoisotopic (exact) mass is 417 g/mol. The molecule has 0 fully saturated rings. The van der Waals surface area contributed by atoms with E-state index in [2.05, 4.69) is 11.4 Å². The van der Waals surface area contributed by atoms with E-state index in [1.54, 1.807) is 31.2 Å². The molecule has 0 heterocycles. The standard InChI is InChI=1S/C23H19N3O5/c1-15(23(27)25-21-13-19(26(28)29)9-12-22(21)30-2)31-20-10-7-18(8-11-20)17-5-3-16(14-24)4-6-17/h3-13,15H,1-2H3,(H,25,27)/t15-/m1/s1. The van der Waals surface area contributed by atoms with Crippen molar-refractivity contribution in [3.63, 3.8) is 0 Å². The molecule has 0 aliphatic carbocycles. The van der Waals surface area contributed by atoms with Gasteiger partial charge in [-0.1, -0.05) is 24.3 Å². The average Bonchev–Trinajstić information content (AvgIpc) is 2.79. The molecule has 31 heavy (non-hydrogen) atoms. The van der Waals surface area contributed by atoms with Gasteiger partial charge in [-0.05, 0) is 48.4 Å². The predicted molar refractivity (Wildman–Crippen MR) is 115 cm³/mol. The Balaban J connectivity index is 1.68. The van der Waals surface area contributed by atoms with Crippen molar-refractivity contribution in [3.05, 3.63) is 82.4 Å². The SMILES string of the molecule is COc1ccc([N+](=O)[O-])cc1NC(=O)[C@@H](C)Oc1ccc(-c2ccc(C#N)cc2)cc1. The van der Waals surface area contributed by atoms with Gasteiger partial charge < -0.3 is 14.8 Å². The number of benzene rings is 3. The number of nitro benzene ring substituents is 1. The van der Waals surface area contributed by atoms with E-state index in [0.717, 1.165) is 11.1 Å². The first-order chi connectivity index (χ1) is 14.9. The van der Waals surface area contributed by atoms with Crippen molar-refractivity contribution in [2.45, 2.75) is 13.0 Å². The number of hydrogen-bond donors (Lipinski definition) is 1. The second kappa shape index (κ2) is 9.41. The number of hydrogen-bond acceptors (Lipinski definition) is 6. The fourth-order valence-corrected chi connectivity index (χ4v) is 2.86. The fraction of sp³-hybridized carbons (Fsp3) is 0.130. The van der Waals surface area contributed by atoms with Crippen LogP contribution in [-0.2, 0) is 4.79 Å². The van der Waals surface area contributed by atoms with Crippen molar-refractivity contribution in [2.24, 2.45) is 0 Å². The Kier molecular flexibility index (Phi) is 6.48. The van der Waals surface area contributed by atoms with Gasteiger partial charge in [0.2, 0.25) is 0 Å². The van der Waals surface area contributed by atoms with E-state index in [1.807, 2.05) is 24.3 Å². The highest BCUT2D eigenvalue weighted by Crippen LogP contribution is 2.29. The van der Waals surface area contributed by atoms with Crippen molar-refractivity contribution in [2.75, 3.05) is 12.4 Å². The first kappa shape index (κ1) is 21.3. The number of methoxy groups -OCH3 is 1. The van der Waals surface area contributed by atoms with Gasteiger partial charge in [0.05, 0.1) is 29.4 Å². The van der Waals surface area contributed by atoms with Crippen LogP contribution in [-0.4, -0.2) is 24.0 Å². The second-order valence-electron chi connectivity index (χ2n) is 6.60. The first-order valence-electron chi connectivity index (χ1n) is 9.32. The number of ether oxygens (including phenoxy) is 2. The number of nitro groups is 1. The fourth-order valence-electron chi connectivity index (χ4n) is 2.86. The molecule has 0 aliphatic rings. The van der Waals surface area contributed by atoms with Crippen LogP contribution in [0.2, 0.25) is 0 Å². The number of nitrogens with zero attached hydrogens (tertiary/aromatic N) is 2. The summed E-state index contributed by atoms with van der Waals surface area (Å²) in [5, 5.41) is 22.5. The number of non-ortho nitro benzene ring substituents is 1. The topological polar surface area (TPSA) is 114 Å². The summed E-state index contributed by atoms with van der Waals surface area (Å²) in [7, 11) is 1.41. The third kappa shape index (κ3) is 5.16. The molecule has 3 rings (SSSR count). The van der Waals surface area contributed by atoms with E-state index < -0.39 is 16.9 Å². The molecule has 0 bridgehead atoms. The highest BCUT2D eigenvalue weighted by molar-refractivity contribution is 5.95. The maximum absolute atomic E-state index is 12.5. The minimum absolute atomic E-state index is 0.164. The maximum Gasteiger partial charge on any atom is 0.271 e. The van der Waals surface area contributed by atoms with Crippen LogP contribution in [0, 0.1) is 21.4 Å². The van der Waals surface area contributed by atoms with Crippen LogP contribution in [0.1, 0.15) is 12.5 Å². The van der Waals surface area contributed by atoms with Gasteiger partial charge in [0, 0.05) is 12.1 Å². The third-order valence-corrected chi connectivity index (χ3v) is 4.54. The molecule has 0 aliphatic heterocycles. The molecule has 3 aromatic rings. The minimum atomic E-state index is -0.857. The lowest BCUT2D eigenvalue weighted by Gasteiger charge is -2.16. The minimum Gasteiger partial charge on any atom is -0.495 e. The Morgan fingerprint density at radius 3 is 2.23 bits per heavy atom. The number of anilines is 1. The molecule has 8 nitrogen and oxygen atoms in total. The van der Waals surface area contributed by atoms with Crippen LogP contribution in [0.5, 0.6) is 11.5 Å². The summed E-state index contributed by atoms with van der Waals surface area (Å²) >= 11 is 0. The number of nitrogens with one attached hydrogen (secondary N) is 1. The molecule has 1 amide bonds. The summed E-state index contributed by atoms with van der Waals surface area (Å²) in [5.41, 5.74) is 2.50. The van der Waals surface area contributed by atoms with Crippen molar-refractivity contribution in [1.29, 1.82) is 5.26 Å². The third-order valence-electron chi connectivity index (χ3n) is 4.54. The van der Waals surface area contributed by atoms with Crippen molar-refractivity contribution in [3.8, 4) is 28.7 Å². The van der Waals surface area contributed by atoms with Gasteiger partial charge in [-0.3, -0.25) is 14.9 Å². The molecule has 0 aromatic heterocycles. The second-order valence-corrected chi connectivity index (χ2v) is 6.60. The summed E-state index contributed by atoms with van der Waals surface area (Å²) < 4.78 is 10.8. The van der Waals surface area contributed by atoms with Crippen molar-refractivity contribution >= 4 is 17.3 Å². The molecule has 0 unspecified atom stereocenters. The molecular weight excluding hydrogens is 398 g/mol. The van der Waals surface area contributed by atoms with Crippen molar-refractivity contribution in [1.82, 2.24) is 0 Å². The number of carbonyl (C=O) groups is 1. The zero-order valence-corrected chi connectivity index (χ0v) is 16.9. The van der Waals surface area contributed by atoms with E-state index in [1.165, 1.54) is 25.3 Å². The lowest BCUT2D eigenvalue weighted by atomic mass is 10.0. The average molecular weight is 417 g/mol. The summed E-state index contributed by atoms with van der Waals surface area (Å²) in [6, 6.07) is 20.4. The molecule has 3 aromatic carbocycles. The van der Waals surface area contributed by atoms with Crippen LogP contribution in [0.25, 0.3) is 11.1 Å². The van der Waals surface area contributed by atoms with E-state index in [-0.39, 0.29) is 11.4 Å². The maximum atomic E-state index is 12.5. The molecular formula is C23H19N3O5. The largest absolute Gasteiger partial charge is 0.495 e. The van der Waals surface area contributed by atoms with Crippen LogP contribution in [0.4, 0.5) is 11.4 Å². The highest BCUT2D eigenvalue weighted by atomic mass is 16.6. The molecule has 0 radical (unpaired) electrons. The molecule has 1 N–H and O–H groups in total. The van der Waals surface area contributed by atoms with Gasteiger partial charge in [-0.25, -0.2) is 0 Å². The Labute approximate surface area is 178 Å². The molecule has 0 saturated carbocycles. The smallest absolute Gasteiger partial charge is 0.271 e. The van der Waals surface area contributed by atoms with Crippen LogP contribution in [0.3, 0.4) is 0 Å². The lowest BCUT2D eigenvalue weighted by Crippen LogP contribution is -2.30. The van der Waals surface area contributed by atoms with Crippen LogP contribution < -0.4 is 14.8 Å². The quantitative estimate of drug-likeness (QED) is 0.446. The van der Waals surface area contributed by atoms with Gasteiger partial charge in [-0.15, -0.1) is 0 Å². The molecule has 8 heteroatoms. The number of amides is 1. The van der Waals surface area contributed by atoms with Gasteiger partial charge in [0.15, 0.2) is 6.10 Å². The predicted octanol–water partition coefficient (Wildman–Crippen LogP) is 4.55. The molecule has 1 atom stereocenters. The van der Waals surface area contributed by atoms with Crippen molar-refractivity contribution < 1.29 is 19.2 Å². The number of nitriles is 1. The van der Waals surface area contributed by atoms with Crippen LogP contribution in [0.15, 0.2) is 66.7 Å². The Morgan fingerprint density at radius 2 is 1.68 bits per heavy atom. The van der Waals surface area contributed by atoms with E-state index in [9.17, 15) is 14.9 Å². The van der Waals surface area contributed by atoms with E-state index in [4.69, 9.17) is 14.7 Å². The van der Waals surface area contributed by atoms with E-state index >= 15 is 0 Å². The Bertz CT molecular complexity index is 1140. The number of carbonyl (C=O) groups excluding carboxylic acids is 1. The molecule has 0 spiro atoms. The Morgan fingerprint density at radius 1 is 1.06 bits per heavy atom. The Hall–Kier alpha value is -4.38. The summed E-state index contributed by atoms with van der Waals surface area (Å²) in [5.74, 6) is 0.318. The summed E-state index contributed by atoms with van der Waals surface area (Å²) in [6.07, 6.45) is -0.857. The number of rotatable bonds is 7. The molecule has 0 saturated heterocycles. The summed E-state index contributed by atoms with van der Waals surface area (Å²) in [4.78, 5) is 23.0. The van der Waals surface area contributed by atoms with Gasteiger partial charge >= 0.3 is 0 Å². The van der Waals surface area contributed by atoms with Crippen LogP contribution >= 0.6 is 0 Å². The zero-order chi connectivity index (χ0) is 22.4. The normalized spacial score (nSPS) is 11.1. The van der Waals surface area contributed by atoms with Gasteiger partial charge in [0.1, 0.15) is 11.5 Å². The molecule has 156 valence electrons. The zero-order valence-electron chi connectivity index (χ0n) is 16.9. The lowest BCUT2D eigenvalue weighted by molar-refractivity contribution is -0.384. The van der Waals surface area contributed by atoms with E-state index in [0.29, 0.717) is 17.1 Å². The first-order valence-corrected chi connectivity index (χ1v) is 9.32. The van der Waals surface area contributed by atoms with Gasteiger partial charge in [-0.2, -0.15) is 5.26 Å². The summed E-state index contributed by atoms with van der Waals surface area (Å²) in [6.45, 7) is 1.58.